The van der Waals surface area contributed by atoms with Gasteiger partial charge in [0.05, 0.1) is 10.2 Å². The highest BCUT2D eigenvalue weighted by atomic mass is 32.1. The van der Waals surface area contributed by atoms with Crippen LogP contribution in [0.25, 0.3) is 20.8 Å². The van der Waals surface area contributed by atoms with E-state index in [0.29, 0.717) is 18.1 Å². The van der Waals surface area contributed by atoms with Crippen molar-refractivity contribution in [2.45, 2.75) is 13.6 Å². The van der Waals surface area contributed by atoms with Crippen molar-refractivity contribution in [1.29, 1.82) is 0 Å². The molecule has 0 fully saturated rings. The number of rotatable bonds is 5. The van der Waals surface area contributed by atoms with Gasteiger partial charge in [0.2, 0.25) is 0 Å². The van der Waals surface area contributed by atoms with E-state index in [-0.39, 0.29) is 5.91 Å². The normalized spacial score (nSPS) is 11.1. The number of benzene rings is 2. The lowest BCUT2D eigenvalue weighted by molar-refractivity contribution is 0.102. The molecule has 3 heterocycles. The van der Waals surface area contributed by atoms with Crippen LogP contribution in [0.2, 0.25) is 0 Å². The summed E-state index contributed by atoms with van der Waals surface area (Å²) < 4.78 is 4.57. The first-order valence-electron chi connectivity index (χ1n) is 9.44. The third-order valence-corrected chi connectivity index (χ3v) is 5.72. The van der Waals surface area contributed by atoms with Crippen LogP contribution >= 0.6 is 11.3 Å². The number of carbonyl (C=O) groups is 1. The van der Waals surface area contributed by atoms with Gasteiger partial charge in [0.25, 0.3) is 5.91 Å². The topological polar surface area (TPSA) is 77.6 Å². The van der Waals surface area contributed by atoms with Crippen LogP contribution in [0.1, 0.15) is 16.1 Å². The fourth-order valence-electron chi connectivity index (χ4n) is 3.14. The molecule has 1 N–H and O–H groups in total. The third kappa shape index (κ3) is 3.72. The van der Waals surface area contributed by atoms with Crippen molar-refractivity contribution in [2.24, 2.45) is 0 Å². The molecule has 2 aromatic carbocycles. The monoisotopic (exact) mass is 414 g/mol. The molecule has 7 nitrogen and oxygen atoms in total. The van der Waals surface area contributed by atoms with E-state index in [4.69, 9.17) is 4.98 Å². The lowest BCUT2D eigenvalue weighted by atomic mass is 10.2. The van der Waals surface area contributed by atoms with Gasteiger partial charge in [-0.15, -0.1) is 11.3 Å². The standard InChI is InChI=1S/C22H18N6OS/c1-15-3-8-18-20(13-15)30-22(25-18)16-4-6-17(7-5-16)24-21(29)19-9-12-28(26-19)14-27-11-2-10-23-27/h2-13H,14H2,1H3,(H,24,29). The molecule has 0 atom stereocenters. The van der Waals surface area contributed by atoms with Crippen LogP contribution in [0.4, 0.5) is 5.69 Å². The number of fused-ring (bicyclic) bond motifs is 1. The lowest BCUT2D eigenvalue weighted by Gasteiger charge is -2.04. The quantitative estimate of drug-likeness (QED) is 0.462. The van der Waals surface area contributed by atoms with Crippen LogP contribution in [-0.4, -0.2) is 30.5 Å². The Morgan fingerprint density at radius 2 is 1.93 bits per heavy atom. The van der Waals surface area contributed by atoms with E-state index in [9.17, 15) is 4.79 Å². The molecule has 0 aliphatic heterocycles. The highest BCUT2D eigenvalue weighted by molar-refractivity contribution is 7.21. The van der Waals surface area contributed by atoms with Crippen molar-refractivity contribution >= 4 is 33.1 Å². The van der Waals surface area contributed by atoms with Crippen molar-refractivity contribution in [3.05, 3.63) is 84.4 Å². The minimum atomic E-state index is -0.252. The average Bonchev–Trinajstić information content (AvgIpc) is 3.49. The summed E-state index contributed by atoms with van der Waals surface area (Å²) in [5.41, 5.74) is 4.32. The molecular formula is C22H18N6OS. The molecule has 5 rings (SSSR count). The van der Waals surface area contributed by atoms with Gasteiger partial charge in [0.1, 0.15) is 11.7 Å². The first kappa shape index (κ1) is 18.3. The molecular weight excluding hydrogens is 396 g/mol. The average molecular weight is 414 g/mol. The van der Waals surface area contributed by atoms with E-state index in [2.05, 4.69) is 34.6 Å². The third-order valence-electron chi connectivity index (χ3n) is 4.66. The number of thiazole rings is 1. The zero-order valence-corrected chi connectivity index (χ0v) is 17.0. The van der Waals surface area contributed by atoms with Crippen molar-refractivity contribution in [2.75, 3.05) is 5.32 Å². The number of carbonyl (C=O) groups excluding carboxylic acids is 1. The first-order valence-corrected chi connectivity index (χ1v) is 10.3. The van der Waals surface area contributed by atoms with Crippen molar-refractivity contribution in [3.8, 4) is 10.6 Å². The van der Waals surface area contributed by atoms with Gasteiger partial charge in [-0.2, -0.15) is 10.2 Å². The van der Waals surface area contributed by atoms with Gasteiger partial charge in [-0.25, -0.2) is 4.98 Å². The molecule has 1 amide bonds. The molecule has 0 saturated carbocycles. The van der Waals surface area contributed by atoms with Gasteiger partial charge in [-0.3, -0.25) is 14.2 Å². The molecule has 0 aliphatic rings. The van der Waals surface area contributed by atoms with E-state index in [1.54, 1.807) is 39.2 Å². The Kier molecular flexibility index (Phi) is 4.61. The van der Waals surface area contributed by atoms with Crippen LogP contribution in [0.3, 0.4) is 0 Å². The largest absolute Gasteiger partial charge is 0.321 e. The second-order valence-electron chi connectivity index (χ2n) is 6.95. The highest BCUT2D eigenvalue weighted by Crippen LogP contribution is 2.31. The maximum absolute atomic E-state index is 12.5. The second kappa shape index (κ2) is 7.57. The summed E-state index contributed by atoms with van der Waals surface area (Å²) in [6, 6.07) is 17.5. The van der Waals surface area contributed by atoms with Gasteiger partial charge in [-0.05, 0) is 61.0 Å². The SMILES string of the molecule is Cc1ccc2nc(-c3ccc(NC(=O)c4ccn(Cn5cccn5)n4)cc3)sc2c1. The smallest absolute Gasteiger partial charge is 0.276 e. The number of anilines is 1. The Morgan fingerprint density at radius 3 is 2.73 bits per heavy atom. The summed E-state index contributed by atoms with van der Waals surface area (Å²) in [5, 5.41) is 12.3. The Morgan fingerprint density at radius 1 is 1.07 bits per heavy atom. The Balaban J connectivity index is 1.28. The molecule has 148 valence electrons. The first-order chi connectivity index (χ1) is 14.6. The van der Waals surface area contributed by atoms with Gasteiger partial charge in [-0.1, -0.05) is 6.07 Å². The maximum Gasteiger partial charge on any atom is 0.276 e. The molecule has 0 bridgehead atoms. The van der Waals surface area contributed by atoms with E-state index >= 15 is 0 Å². The number of nitrogens with one attached hydrogen (secondary N) is 1. The number of amides is 1. The van der Waals surface area contributed by atoms with Gasteiger partial charge in [0, 0.05) is 29.8 Å². The molecule has 5 aromatic rings. The van der Waals surface area contributed by atoms with Crippen LogP contribution in [0, 0.1) is 6.92 Å². The van der Waals surface area contributed by atoms with Crippen molar-refractivity contribution in [3.63, 3.8) is 0 Å². The summed E-state index contributed by atoms with van der Waals surface area (Å²) in [6.07, 6.45) is 5.31. The summed E-state index contributed by atoms with van der Waals surface area (Å²) in [7, 11) is 0. The number of nitrogens with zero attached hydrogens (tertiary/aromatic N) is 5. The summed E-state index contributed by atoms with van der Waals surface area (Å²) in [5.74, 6) is -0.252. The Bertz CT molecular complexity index is 1320. The minimum absolute atomic E-state index is 0.252. The maximum atomic E-state index is 12.5. The van der Waals surface area contributed by atoms with Crippen LogP contribution < -0.4 is 5.32 Å². The predicted octanol–water partition coefficient (Wildman–Crippen LogP) is 4.42. The van der Waals surface area contributed by atoms with Crippen LogP contribution in [-0.2, 0) is 6.67 Å². The van der Waals surface area contributed by atoms with Crippen molar-refractivity contribution < 1.29 is 4.79 Å². The second-order valence-corrected chi connectivity index (χ2v) is 7.98. The summed E-state index contributed by atoms with van der Waals surface area (Å²) >= 11 is 1.67. The van der Waals surface area contributed by atoms with Crippen LogP contribution in [0.15, 0.2) is 73.2 Å². The summed E-state index contributed by atoms with van der Waals surface area (Å²) in [4.78, 5) is 17.2. The summed E-state index contributed by atoms with van der Waals surface area (Å²) in [6.45, 7) is 2.54. The molecule has 0 aliphatic carbocycles. The minimum Gasteiger partial charge on any atom is -0.321 e. The van der Waals surface area contributed by atoms with Gasteiger partial charge >= 0.3 is 0 Å². The number of aromatic nitrogens is 5. The van der Waals surface area contributed by atoms with E-state index < -0.39 is 0 Å². The molecule has 0 unspecified atom stereocenters. The Hall–Kier alpha value is -3.78. The Labute approximate surface area is 176 Å². The van der Waals surface area contributed by atoms with Gasteiger partial charge in [0.15, 0.2) is 5.69 Å². The van der Waals surface area contributed by atoms with Crippen molar-refractivity contribution in [1.82, 2.24) is 24.5 Å². The fourth-order valence-corrected chi connectivity index (χ4v) is 4.21. The molecule has 3 aromatic heterocycles. The molecule has 0 saturated heterocycles. The predicted molar refractivity (Wildman–Crippen MR) is 118 cm³/mol. The van der Waals surface area contributed by atoms with Crippen LogP contribution in [0.5, 0.6) is 0 Å². The van der Waals surface area contributed by atoms with E-state index in [1.807, 2.05) is 42.6 Å². The van der Waals surface area contributed by atoms with Gasteiger partial charge < -0.3 is 5.32 Å². The molecule has 0 spiro atoms. The molecule has 0 radical (unpaired) electrons. The number of aryl methyl sites for hydroxylation is 1. The zero-order valence-electron chi connectivity index (χ0n) is 16.2. The highest BCUT2D eigenvalue weighted by Gasteiger charge is 2.11. The van der Waals surface area contributed by atoms with E-state index in [0.717, 1.165) is 16.1 Å². The zero-order chi connectivity index (χ0) is 20.5. The molecule has 30 heavy (non-hydrogen) atoms. The fraction of sp³-hybridized carbons (Fsp3) is 0.0909. The lowest BCUT2D eigenvalue weighted by Crippen LogP contribution is -2.14. The number of hydrogen-bond acceptors (Lipinski definition) is 5. The molecule has 8 heteroatoms. The number of hydrogen-bond donors (Lipinski definition) is 1. The van der Waals surface area contributed by atoms with E-state index in [1.165, 1.54) is 10.3 Å².